The highest BCUT2D eigenvalue weighted by Gasteiger charge is 2.11. The van der Waals surface area contributed by atoms with E-state index < -0.39 is 0 Å². The van der Waals surface area contributed by atoms with Gasteiger partial charge in [-0.3, -0.25) is 0 Å². The molecule has 5 heteroatoms. The fourth-order valence-electron chi connectivity index (χ4n) is 0.976. The van der Waals surface area contributed by atoms with Crippen molar-refractivity contribution < 1.29 is 0 Å². The molecule has 3 N–H and O–H groups in total. The monoisotopic (exact) mass is 193 g/mol. The summed E-state index contributed by atoms with van der Waals surface area (Å²) >= 11 is 0. The average molecular weight is 193 g/mol. The Hall–Kier alpha value is -1.62. The first-order valence-electron chi connectivity index (χ1n) is 4.37. The SMILES string of the molecule is C=C/C(=C\C=C(/C)C1N=NNN1)NC. The fraction of sp³-hybridized carbons (Fsp3) is 0.333. The average Bonchev–Trinajstić information content (AvgIpc) is 2.72. The molecule has 1 aliphatic heterocycles. The number of nitrogens with zero attached hydrogens (tertiary/aromatic N) is 2. The third-order valence-electron chi connectivity index (χ3n) is 1.89. The molecule has 0 aromatic heterocycles. The maximum Gasteiger partial charge on any atom is 0.162 e. The van der Waals surface area contributed by atoms with Crippen molar-refractivity contribution in [3.05, 3.63) is 36.1 Å². The standard InChI is InChI=1S/C9H15N5/c1-4-8(10-3)6-5-7(2)9-11-13-14-12-9/h4-6,9-10H,1H2,2-3H3,(H,11,14)(H,12,13)/b7-5+,8-6+. The Bertz CT molecular complexity index is 290. The van der Waals surface area contributed by atoms with Gasteiger partial charge in [-0.05, 0) is 24.6 Å². The molecule has 0 saturated carbocycles. The van der Waals surface area contributed by atoms with Crippen molar-refractivity contribution in [3.8, 4) is 0 Å². The molecule has 0 aliphatic carbocycles. The van der Waals surface area contributed by atoms with Gasteiger partial charge in [0, 0.05) is 12.7 Å². The van der Waals surface area contributed by atoms with Crippen molar-refractivity contribution in [2.24, 2.45) is 10.3 Å². The molecule has 14 heavy (non-hydrogen) atoms. The summed E-state index contributed by atoms with van der Waals surface area (Å²) in [4.78, 5) is 0. The zero-order chi connectivity index (χ0) is 10.4. The molecule has 1 atom stereocenters. The van der Waals surface area contributed by atoms with Crippen molar-refractivity contribution in [2.75, 3.05) is 7.05 Å². The normalized spacial score (nSPS) is 22.0. The van der Waals surface area contributed by atoms with Crippen LogP contribution in [-0.2, 0) is 0 Å². The highest BCUT2D eigenvalue weighted by molar-refractivity contribution is 5.24. The van der Waals surface area contributed by atoms with Crippen molar-refractivity contribution in [1.29, 1.82) is 0 Å². The van der Waals surface area contributed by atoms with Crippen molar-refractivity contribution >= 4 is 0 Å². The van der Waals surface area contributed by atoms with Gasteiger partial charge in [-0.2, -0.15) is 5.43 Å². The number of hydrazine groups is 1. The van der Waals surface area contributed by atoms with E-state index in [0.717, 1.165) is 11.3 Å². The van der Waals surface area contributed by atoms with Gasteiger partial charge in [0.05, 0.1) is 0 Å². The molecular formula is C9H15N5. The van der Waals surface area contributed by atoms with E-state index in [1.54, 1.807) is 6.08 Å². The largest absolute Gasteiger partial charge is 0.388 e. The molecule has 1 aliphatic rings. The zero-order valence-corrected chi connectivity index (χ0v) is 8.41. The number of hydrogen-bond acceptors (Lipinski definition) is 5. The van der Waals surface area contributed by atoms with Gasteiger partial charge < -0.3 is 5.32 Å². The number of rotatable bonds is 4. The van der Waals surface area contributed by atoms with Gasteiger partial charge in [-0.15, -0.1) is 5.11 Å². The third kappa shape index (κ3) is 2.70. The van der Waals surface area contributed by atoms with Crippen LogP contribution in [0.5, 0.6) is 0 Å². The van der Waals surface area contributed by atoms with Gasteiger partial charge in [0.25, 0.3) is 0 Å². The van der Waals surface area contributed by atoms with Crippen LogP contribution in [0.25, 0.3) is 0 Å². The van der Waals surface area contributed by atoms with Gasteiger partial charge in [0.2, 0.25) is 0 Å². The highest BCUT2D eigenvalue weighted by atomic mass is 15.7. The van der Waals surface area contributed by atoms with Crippen LogP contribution in [0.15, 0.2) is 46.4 Å². The molecule has 0 bridgehead atoms. The van der Waals surface area contributed by atoms with E-state index in [0.29, 0.717) is 0 Å². The van der Waals surface area contributed by atoms with Crippen molar-refractivity contribution in [1.82, 2.24) is 16.3 Å². The van der Waals surface area contributed by atoms with Crippen LogP contribution < -0.4 is 16.3 Å². The molecule has 76 valence electrons. The molecule has 0 aromatic rings. The summed E-state index contributed by atoms with van der Waals surface area (Å²) in [5.74, 6) is 0. The summed E-state index contributed by atoms with van der Waals surface area (Å²) in [5, 5.41) is 10.6. The van der Waals surface area contributed by atoms with Gasteiger partial charge in [0.15, 0.2) is 6.17 Å². The third-order valence-corrected chi connectivity index (χ3v) is 1.89. The van der Waals surface area contributed by atoms with Crippen molar-refractivity contribution in [2.45, 2.75) is 13.1 Å². The minimum absolute atomic E-state index is 0.0748. The highest BCUT2D eigenvalue weighted by Crippen LogP contribution is 2.06. The minimum Gasteiger partial charge on any atom is -0.388 e. The lowest BCUT2D eigenvalue weighted by Gasteiger charge is -2.04. The second-order valence-corrected chi connectivity index (χ2v) is 2.86. The maximum atomic E-state index is 3.92. The lowest BCUT2D eigenvalue weighted by molar-refractivity contribution is 0.579. The van der Waals surface area contributed by atoms with E-state index in [4.69, 9.17) is 0 Å². The van der Waals surface area contributed by atoms with Crippen molar-refractivity contribution in [3.63, 3.8) is 0 Å². The van der Waals surface area contributed by atoms with Crippen LogP contribution in [0.2, 0.25) is 0 Å². The van der Waals surface area contributed by atoms with E-state index >= 15 is 0 Å². The van der Waals surface area contributed by atoms with Crippen LogP contribution in [0.1, 0.15) is 6.92 Å². The molecule has 1 heterocycles. The molecule has 0 aromatic carbocycles. The molecule has 0 radical (unpaired) electrons. The van der Waals surface area contributed by atoms with Gasteiger partial charge in [-0.25, -0.2) is 5.53 Å². The lowest BCUT2D eigenvalue weighted by atomic mass is 10.2. The predicted molar refractivity (Wildman–Crippen MR) is 56.0 cm³/mol. The lowest BCUT2D eigenvalue weighted by Crippen LogP contribution is -2.30. The van der Waals surface area contributed by atoms with Crippen LogP contribution in [0.4, 0.5) is 0 Å². The van der Waals surface area contributed by atoms with Crippen LogP contribution in [0.3, 0.4) is 0 Å². The topological polar surface area (TPSA) is 60.8 Å². The van der Waals surface area contributed by atoms with Crippen LogP contribution >= 0.6 is 0 Å². The number of allylic oxidation sites excluding steroid dienone is 3. The Balaban J connectivity index is 2.62. The number of nitrogens with one attached hydrogen (secondary N) is 3. The molecule has 0 fully saturated rings. The fourth-order valence-corrected chi connectivity index (χ4v) is 0.976. The van der Waals surface area contributed by atoms with Crippen LogP contribution in [0, 0.1) is 0 Å². The molecule has 0 amide bonds. The predicted octanol–water partition coefficient (Wildman–Crippen LogP) is 1.02. The van der Waals surface area contributed by atoms with Crippen LogP contribution in [-0.4, -0.2) is 13.2 Å². The Labute approximate surface area is 83.6 Å². The zero-order valence-electron chi connectivity index (χ0n) is 8.41. The Morgan fingerprint density at radius 3 is 2.79 bits per heavy atom. The van der Waals surface area contributed by atoms with E-state index in [-0.39, 0.29) is 6.17 Å². The van der Waals surface area contributed by atoms with E-state index in [9.17, 15) is 0 Å². The Morgan fingerprint density at radius 2 is 2.29 bits per heavy atom. The van der Waals surface area contributed by atoms with E-state index in [2.05, 4.69) is 33.2 Å². The molecule has 5 nitrogen and oxygen atoms in total. The molecule has 0 spiro atoms. The maximum absolute atomic E-state index is 3.92. The Kier molecular flexibility index (Phi) is 3.87. The smallest absolute Gasteiger partial charge is 0.162 e. The van der Waals surface area contributed by atoms with Gasteiger partial charge in [-0.1, -0.05) is 17.9 Å². The first kappa shape index (κ1) is 10.5. The van der Waals surface area contributed by atoms with Gasteiger partial charge in [0.1, 0.15) is 0 Å². The number of likely N-dealkylation sites (N-methyl/N-ethyl adjacent to an activating group) is 1. The summed E-state index contributed by atoms with van der Waals surface area (Å²) < 4.78 is 0. The second-order valence-electron chi connectivity index (χ2n) is 2.86. The summed E-state index contributed by atoms with van der Waals surface area (Å²) in [6, 6.07) is 0. The Morgan fingerprint density at radius 1 is 1.50 bits per heavy atom. The first-order chi connectivity index (χ1) is 6.77. The molecule has 1 rings (SSSR count). The molecular weight excluding hydrogens is 178 g/mol. The molecule has 0 saturated heterocycles. The quantitative estimate of drug-likeness (QED) is 0.584. The summed E-state index contributed by atoms with van der Waals surface area (Å²) in [5.41, 5.74) is 7.51. The first-order valence-corrected chi connectivity index (χ1v) is 4.37. The van der Waals surface area contributed by atoms with E-state index in [1.807, 2.05) is 26.1 Å². The summed E-state index contributed by atoms with van der Waals surface area (Å²) in [6.45, 7) is 5.66. The number of hydrogen-bond donors (Lipinski definition) is 3. The van der Waals surface area contributed by atoms with Gasteiger partial charge >= 0.3 is 0 Å². The summed E-state index contributed by atoms with van der Waals surface area (Å²) in [7, 11) is 1.85. The minimum atomic E-state index is -0.0748. The molecule has 1 unspecified atom stereocenters. The summed E-state index contributed by atoms with van der Waals surface area (Å²) in [6.07, 6.45) is 5.59. The van der Waals surface area contributed by atoms with E-state index in [1.165, 1.54) is 0 Å². The second kappa shape index (κ2) is 5.18.